The van der Waals surface area contributed by atoms with Crippen molar-refractivity contribution in [3.8, 4) is 0 Å². The Kier molecular flexibility index (Phi) is 3.96. The van der Waals surface area contributed by atoms with Crippen LogP contribution in [0.1, 0.15) is 22.7 Å². The highest BCUT2D eigenvalue weighted by Crippen LogP contribution is 2.30. The third-order valence-corrected chi connectivity index (χ3v) is 3.76. The zero-order valence-corrected chi connectivity index (χ0v) is 11.6. The summed E-state index contributed by atoms with van der Waals surface area (Å²) >= 11 is 2.97. The van der Waals surface area contributed by atoms with Crippen LogP contribution in [0.15, 0.2) is 34.8 Å². The molecule has 0 radical (unpaired) electrons. The van der Waals surface area contributed by atoms with Gasteiger partial charge in [0.25, 0.3) is 0 Å². The van der Waals surface area contributed by atoms with Crippen LogP contribution in [0.3, 0.4) is 0 Å². The monoisotopic (exact) mass is 329 g/mol. The molecule has 2 rings (SSSR count). The normalized spacial score (nSPS) is 12.5. The molecular formula is C14H11BrF3N. The number of halogens is 4. The quantitative estimate of drug-likeness (QED) is 0.820. The van der Waals surface area contributed by atoms with E-state index in [0.29, 0.717) is 16.7 Å². The molecule has 0 spiro atoms. The zero-order chi connectivity index (χ0) is 14.2. The minimum absolute atomic E-state index is 0.0408. The van der Waals surface area contributed by atoms with Gasteiger partial charge in [0, 0.05) is 0 Å². The second kappa shape index (κ2) is 5.35. The molecule has 100 valence electrons. The Bertz CT molecular complexity index is 628. The zero-order valence-electron chi connectivity index (χ0n) is 10.1. The van der Waals surface area contributed by atoms with Gasteiger partial charge in [-0.25, -0.2) is 13.2 Å². The maximum atomic E-state index is 13.5. The fourth-order valence-electron chi connectivity index (χ4n) is 1.76. The van der Waals surface area contributed by atoms with Crippen molar-refractivity contribution in [2.24, 2.45) is 5.73 Å². The molecule has 19 heavy (non-hydrogen) atoms. The van der Waals surface area contributed by atoms with Crippen molar-refractivity contribution in [3.63, 3.8) is 0 Å². The molecular weight excluding hydrogens is 319 g/mol. The summed E-state index contributed by atoms with van der Waals surface area (Å²) in [7, 11) is 0. The second-order valence-electron chi connectivity index (χ2n) is 4.25. The van der Waals surface area contributed by atoms with Crippen LogP contribution in [-0.2, 0) is 0 Å². The van der Waals surface area contributed by atoms with Gasteiger partial charge in [-0.15, -0.1) is 0 Å². The summed E-state index contributed by atoms with van der Waals surface area (Å²) in [5.74, 6) is -2.34. The molecule has 0 amide bonds. The van der Waals surface area contributed by atoms with Crippen LogP contribution in [0.2, 0.25) is 0 Å². The first-order valence-electron chi connectivity index (χ1n) is 5.57. The SMILES string of the molecule is Cc1ccc(C(N)c2ccc(F)c(F)c2Br)cc1F. The van der Waals surface area contributed by atoms with Gasteiger partial charge in [0.1, 0.15) is 5.82 Å². The number of hydrogen-bond acceptors (Lipinski definition) is 1. The van der Waals surface area contributed by atoms with E-state index in [0.717, 1.165) is 6.07 Å². The lowest BCUT2D eigenvalue weighted by Gasteiger charge is -2.15. The van der Waals surface area contributed by atoms with Gasteiger partial charge >= 0.3 is 0 Å². The van der Waals surface area contributed by atoms with Gasteiger partial charge in [0.15, 0.2) is 11.6 Å². The molecule has 0 saturated heterocycles. The minimum atomic E-state index is -1.000. The lowest BCUT2D eigenvalue weighted by atomic mass is 9.98. The molecule has 0 heterocycles. The summed E-state index contributed by atoms with van der Waals surface area (Å²) in [6.45, 7) is 1.64. The maximum Gasteiger partial charge on any atom is 0.173 e. The van der Waals surface area contributed by atoms with Gasteiger partial charge < -0.3 is 5.73 Å². The smallest absolute Gasteiger partial charge is 0.173 e. The third-order valence-electron chi connectivity index (χ3n) is 2.96. The number of aryl methyl sites for hydroxylation is 1. The first-order valence-corrected chi connectivity index (χ1v) is 6.36. The fourth-order valence-corrected chi connectivity index (χ4v) is 2.33. The molecule has 2 aromatic carbocycles. The Morgan fingerprint density at radius 3 is 2.37 bits per heavy atom. The van der Waals surface area contributed by atoms with Gasteiger partial charge in [-0.2, -0.15) is 0 Å². The molecule has 2 aromatic rings. The predicted octanol–water partition coefficient (Wildman–Crippen LogP) is 4.22. The average molecular weight is 330 g/mol. The van der Waals surface area contributed by atoms with Crippen LogP contribution in [0.5, 0.6) is 0 Å². The van der Waals surface area contributed by atoms with E-state index in [-0.39, 0.29) is 10.3 Å². The van der Waals surface area contributed by atoms with E-state index in [2.05, 4.69) is 15.9 Å². The number of hydrogen-bond donors (Lipinski definition) is 1. The lowest BCUT2D eigenvalue weighted by molar-refractivity contribution is 0.501. The molecule has 0 aliphatic rings. The molecule has 0 aromatic heterocycles. The number of benzene rings is 2. The van der Waals surface area contributed by atoms with Gasteiger partial charge in [0.05, 0.1) is 10.5 Å². The Morgan fingerprint density at radius 2 is 1.74 bits per heavy atom. The highest BCUT2D eigenvalue weighted by atomic mass is 79.9. The predicted molar refractivity (Wildman–Crippen MR) is 71.2 cm³/mol. The fraction of sp³-hybridized carbons (Fsp3) is 0.143. The molecule has 1 unspecified atom stereocenters. The Balaban J connectivity index is 2.47. The topological polar surface area (TPSA) is 26.0 Å². The van der Waals surface area contributed by atoms with E-state index >= 15 is 0 Å². The van der Waals surface area contributed by atoms with Crippen LogP contribution >= 0.6 is 15.9 Å². The van der Waals surface area contributed by atoms with Crippen molar-refractivity contribution in [3.05, 3.63) is 68.9 Å². The standard InChI is InChI=1S/C14H11BrF3N/c1-7-2-3-8(6-11(7)17)14(19)9-4-5-10(16)13(18)12(9)15/h2-6,14H,19H2,1H3. The molecule has 2 N–H and O–H groups in total. The number of rotatable bonds is 2. The van der Waals surface area contributed by atoms with Crippen molar-refractivity contribution in [1.82, 2.24) is 0 Å². The summed E-state index contributed by atoms with van der Waals surface area (Å²) in [5, 5.41) is 0. The molecule has 1 nitrogen and oxygen atoms in total. The molecule has 0 saturated carbocycles. The maximum absolute atomic E-state index is 13.5. The van der Waals surface area contributed by atoms with Crippen molar-refractivity contribution in [1.29, 1.82) is 0 Å². The number of nitrogens with two attached hydrogens (primary N) is 1. The highest BCUT2D eigenvalue weighted by Gasteiger charge is 2.18. The summed E-state index contributed by atoms with van der Waals surface area (Å²) in [5.41, 5.74) is 7.33. The van der Waals surface area contributed by atoms with Crippen molar-refractivity contribution in [2.75, 3.05) is 0 Å². The van der Waals surface area contributed by atoms with Gasteiger partial charge in [-0.1, -0.05) is 18.2 Å². The first-order chi connectivity index (χ1) is 8.91. The van der Waals surface area contributed by atoms with Crippen molar-refractivity contribution < 1.29 is 13.2 Å². The van der Waals surface area contributed by atoms with Gasteiger partial charge in [0.2, 0.25) is 0 Å². The van der Waals surface area contributed by atoms with E-state index < -0.39 is 17.7 Å². The van der Waals surface area contributed by atoms with Crippen LogP contribution < -0.4 is 5.73 Å². The molecule has 0 aliphatic carbocycles. The highest BCUT2D eigenvalue weighted by molar-refractivity contribution is 9.10. The van der Waals surface area contributed by atoms with Gasteiger partial charge in [-0.3, -0.25) is 0 Å². The first kappa shape index (κ1) is 14.1. The average Bonchev–Trinajstić information content (AvgIpc) is 2.39. The summed E-state index contributed by atoms with van der Waals surface area (Å²) in [4.78, 5) is 0. The Morgan fingerprint density at radius 1 is 1.05 bits per heavy atom. The van der Waals surface area contributed by atoms with E-state index in [9.17, 15) is 13.2 Å². The van der Waals surface area contributed by atoms with Crippen LogP contribution in [0.25, 0.3) is 0 Å². The van der Waals surface area contributed by atoms with E-state index in [4.69, 9.17) is 5.73 Å². The molecule has 0 bridgehead atoms. The van der Waals surface area contributed by atoms with E-state index in [1.165, 1.54) is 12.1 Å². The largest absolute Gasteiger partial charge is 0.320 e. The van der Waals surface area contributed by atoms with Crippen molar-refractivity contribution >= 4 is 15.9 Å². The summed E-state index contributed by atoms with van der Waals surface area (Å²) < 4.78 is 40.0. The lowest BCUT2D eigenvalue weighted by Crippen LogP contribution is -2.14. The summed E-state index contributed by atoms with van der Waals surface area (Å²) in [6.07, 6.45) is 0. The van der Waals surface area contributed by atoms with Gasteiger partial charge in [-0.05, 0) is 51.7 Å². The van der Waals surface area contributed by atoms with Crippen LogP contribution in [0.4, 0.5) is 13.2 Å². The minimum Gasteiger partial charge on any atom is -0.320 e. The molecule has 5 heteroatoms. The van der Waals surface area contributed by atoms with Crippen LogP contribution in [-0.4, -0.2) is 0 Å². The Labute approximate surface area is 117 Å². The van der Waals surface area contributed by atoms with Crippen molar-refractivity contribution in [2.45, 2.75) is 13.0 Å². The van der Waals surface area contributed by atoms with E-state index in [1.807, 2.05) is 0 Å². The van der Waals surface area contributed by atoms with E-state index in [1.54, 1.807) is 19.1 Å². The Hall–Kier alpha value is -1.33. The second-order valence-corrected chi connectivity index (χ2v) is 5.04. The molecule has 1 atom stereocenters. The van der Waals surface area contributed by atoms with Crippen LogP contribution in [0, 0.1) is 24.4 Å². The summed E-state index contributed by atoms with van der Waals surface area (Å²) in [6, 6.07) is 6.20. The molecule has 0 fully saturated rings. The third kappa shape index (κ3) is 2.67. The molecule has 0 aliphatic heterocycles.